The van der Waals surface area contributed by atoms with Crippen LogP contribution in [0.15, 0.2) is 42.6 Å². The van der Waals surface area contributed by atoms with Crippen molar-refractivity contribution in [2.75, 3.05) is 6.61 Å². The van der Waals surface area contributed by atoms with Crippen molar-refractivity contribution < 1.29 is 9.53 Å². The SMILES string of the molecule is CCOc1ccccc1C(=O)c1ccnc(CN)c1. The second kappa shape index (κ2) is 6.11. The van der Waals surface area contributed by atoms with Crippen molar-refractivity contribution in [2.45, 2.75) is 13.5 Å². The minimum absolute atomic E-state index is 0.0823. The highest BCUT2D eigenvalue weighted by Crippen LogP contribution is 2.21. The first-order chi connectivity index (χ1) is 9.26. The van der Waals surface area contributed by atoms with Crippen LogP contribution in [0, 0.1) is 0 Å². The summed E-state index contributed by atoms with van der Waals surface area (Å²) in [6, 6.07) is 10.6. The molecule has 0 fully saturated rings. The highest BCUT2D eigenvalue weighted by Gasteiger charge is 2.14. The van der Waals surface area contributed by atoms with Gasteiger partial charge in [-0.1, -0.05) is 12.1 Å². The van der Waals surface area contributed by atoms with Gasteiger partial charge in [0, 0.05) is 18.3 Å². The van der Waals surface area contributed by atoms with Crippen molar-refractivity contribution in [3.8, 4) is 5.75 Å². The van der Waals surface area contributed by atoms with E-state index in [4.69, 9.17) is 10.5 Å². The molecule has 0 saturated heterocycles. The number of nitrogens with zero attached hydrogens (tertiary/aromatic N) is 1. The Hall–Kier alpha value is -2.20. The van der Waals surface area contributed by atoms with Crippen LogP contribution in [0.4, 0.5) is 0 Å². The number of nitrogens with two attached hydrogens (primary N) is 1. The summed E-state index contributed by atoms with van der Waals surface area (Å²) in [6.45, 7) is 2.73. The Labute approximate surface area is 112 Å². The van der Waals surface area contributed by atoms with Crippen LogP contribution in [-0.4, -0.2) is 17.4 Å². The third-order valence-electron chi connectivity index (χ3n) is 2.72. The van der Waals surface area contributed by atoms with Crippen molar-refractivity contribution in [3.63, 3.8) is 0 Å². The van der Waals surface area contributed by atoms with E-state index in [0.717, 1.165) is 0 Å². The lowest BCUT2D eigenvalue weighted by Crippen LogP contribution is -2.07. The molecule has 1 aromatic carbocycles. The molecule has 98 valence electrons. The summed E-state index contributed by atoms with van der Waals surface area (Å²) in [5.41, 5.74) is 7.36. The average molecular weight is 256 g/mol. The van der Waals surface area contributed by atoms with E-state index in [-0.39, 0.29) is 5.78 Å². The molecule has 19 heavy (non-hydrogen) atoms. The normalized spacial score (nSPS) is 10.2. The topological polar surface area (TPSA) is 65.2 Å². The molecule has 0 radical (unpaired) electrons. The van der Waals surface area contributed by atoms with Crippen LogP contribution < -0.4 is 10.5 Å². The standard InChI is InChI=1S/C15H16N2O2/c1-2-19-14-6-4-3-5-13(14)15(18)11-7-8-17-12(9-11)10-16/h3-9H,2,10,16H2,1H3. The lowest BCUT2D eigenvalue weighted by molar-refractivity contribution is 0.103. The number of carbonyl (C=O) groups is 1. The van der Waals surface area contributed by atoms with Gasteiger partial charge >= 0.3 is 0 Å². The average Bonchev–Trinajstić information content (AvgIpc) is 2.47. The van der Waals surface area contributed by atoms with Crippen LogP contribution >= 0.6 is 0 Å². The first kappa shape index (κ1) is 13.2. The molecule has 4 heteroatoms. The van der Waals surface area contributed by atoms with Gasteiger partial charge in [0.05, 0.1) is 17.9 Å². The predicted molar refractivity (Wildman–Crippen MR) is 73.2 cm³/mol. The van der Waals surface area contributed by atoms with E-state index in [1.54, 1.807) is 30.5 Å². The fourth-order valence-corrected chi connectivity index (χ4v) is 1.82. The van der Waals surface area contributed by atoms with E-state index in [2.05, 4.69) is 4.98 Å². The number of hydrogen-bond acceptors (Lipinski definition) is 4. The predicted octanol–water partition coefficient (Wildman–Crippen LogP) is 2.17. The number of pyridine rings is 1. The van der Waals surface area contributed by atoms with Crippen molar-refractivity contribution in [1.29, 1.82) is 0 Å². The second-order valence-electron chi connectivity index (χ2n) is 4.00. The van der Waals surface area contributed by atoms with E-state index in [1.165, 1.54) is 0 Å². The zero-order valence-electron chi connectivity index (χ0n) is 10.8. The molecule has 0 aliphatic carbocycles. The molecule has 0 unspecified atom stereocenters. The van der Waals surface area contributed by atoms with Crippen LogP contribution in [0.3, 0.4) is 0 Å². The molecule has 4 nitrogen and oxygen atoms in total. The van der Waals surface area contributed by atoms with E-state index >= 15 is 0 Å². The molecule has 0 saturated carbocycles. The number of carbonyl (C=O) groups excluding carboxylic acids is 1. The Balaban J connectivity index is 2.38. The van der Waals surface area contributed by atoms with Gasteiger partial charge in [0.15, 0.2) is 5.78 Å². The highest BCUT2D eigenvalue weighted by atomic mass is 16.5. The molecule has 0 bridgehead atoms. The van der Waals surface area contributed by atoms with Crippen LogP contribution in [0.25, 0.3) is 0 Å². The Kier molecular flexibility index (Phi) is 4.26. The lowest BCUT2D eigenvalue weighted by atomic mass is 10.0. The fourth-order valence-electron chi connectivity index (χ4n) is 1.82. The summed E-state index contributed by atoms with van der Waals surface area (Å²) < 4.78 is 5.48. The van der Waals surface area contributed by atoms with E-state index in [0.29, 0.717) is 35.7 Å². The Morgan fingerprint density at radius 3 is 2.84 bits per heavy atom. The number of ether oxygens (including phenoxy) is 1. The molecule has 2 N–H and O–H groups in total. The second-order valence-corrected chi connectivity index (χ2v) is 4.00. The summed E-state index contributed by atoms with van der Waals surface area (Å²) in [7, 11) is 0. The first-order valence-corrected chi connectivity index (χ1v) is 6.17. The number of ketones is 1. The monoisotopic (exact) mass is 256 g/mol. The quantitative estimate of drug-likeness (QED) is 0.833. The van der Waals surface area contributed by atoms with Gasteiger partial charge in [-0.2, -0.15) is 0 Å². The summed E-state index contributed by atoms with van der Waals surface area (Å²) in [5, 5.41) is 0. The Morgan fingerprint density at radius 1 is 1.32 bits per heavy atom. The van der Waals surface area contributed by atoms with Crippen molar-refractivity contribution >= 4 is 5.78 Å². The Morgan fingerprint density at radius 2 is 2.11 bits per heavy atom. The van der Waals surface area contributed by atoms with Gasteiger partial charge in [0.1, 0.15) is 5.75 Å². The lowest BCUT2D eigenvalue weighted by Gasteiger charge is -2.09. The summed E-state index contributed by atoms with van der Waals surface area (Å²) in [4.78, 5) is 16.5. The molecule has 0 spiro atoms. The molecule has 0 amide bonds. The van der Waals surface area contributed by atoms with E-state index in [1.807, 2.05) is 19.1 Å². The number of rotatable bonds is 5. The smallest absolute Gasteiger partial charge is 0.196 e. The third-order valence-corrected chi connectivity index (χ3v) is 2.72. The minimum Gasteiger partial charge on any atom is -0.493 e. The van der Waals surface area contributed by atoms with Crippen LogP contribution in [-0.2, 0) is 6.54 Å². The summed E-state index contributed by atoms with van der Waals surface area (Å²) in [5.74, 6) is 0.516. The molecule has 2 rings (SSSR count). The molecule has 2 aromatic rings. The molecule has 0 aliphatic rings. The van der Waals surface area contributed by atoms with Gasteiger partial charge < -0.3 is 10.5 Å². The summed E-state index contributed by atoms with van der Waals surface area (Å²) >= 11 is 0. The number of hydrogen-bond donors (Lipinski definition) is 1. The largest absolute Gasteiger partial charge is 0.493 e. The molecule has 0 atom stereocenters. The highest BCUT2D eigenvalue weighted by molar-refractivity contribution is 6.10. The molecular weight excluding hydrogens is 240 g/mol. The Bertz CT molecular complexity index is 582. The first-order valence-electron chi connectivity index (χ1n) is 6.17. The molecule has 0 aliphatic heterocycles. The van der Waals surface area contributed by atoms with Crippen molar-refractivity contribution in [2.24, 2.45) is 5.73 Å². The van der Waals surface area contributed by atoms with Gasteiger partial charge in [0.25, 0.3) is 0 Å². The number of aromatic nitrogens is 1. The van der Waals surface area contributed by atoms with Crippen LogP contribution in [0.5, 0.6) is 5.75 Å². The van der Waals surface area contributed by atoms with E-state index in [9.17, 15) is 4.79 Å². The summed E-state index contributed by atoms with van der Waals surface area (Å²) in [6.07, 6.45) is 1.60. The molecule has 1 heterocycles. The maximum absolute atomic E-state index is 12.5. The van der Waals surface area contributed by atoms with Crippen LogP contribution in [0.2, 0.25) is 0 Å². The third kappa shape index (κ3) is 2.98. The molecular formula is C15H16N2O2. The maximum atomic E-state index is 12.5. The maximum Gasteiger partial charge on any atom is 0.196 e. The van der Waals surface area contributed by atoms with Gasteiger partial charge in [-0.25, -0.2) is 0 Å². The zero-order valence-corrected chi connectivity index (χ0v) is 10.8. The number of para-hydroxylation sites is 1. The van der Waals surface area contributed by atoms with Gasteiger partial charge in [-0.3, -0.25) is 9.78 Å². The molecule has 1 aromatic heterocycles. The fraction of sp³-hybridized carbons (Fsp3) is 0.200. The zero-order chi connectivity index (χ0) is 13.7. The minimum atomic E-state index is -0.0823. The van der Waals surface area contributed by atoms with Crippen molar-refractivity contribution in [1.82, 2.24) is 4.98 Å². The van der Waals surface area contributed by atoms with Gasteiger partial charge in [0.2, 0.25) is 0 Å². The van der Waals surface area contributed by atoms with Crippen LogP contribution in [0.1, 0.15) is 28.5 Å². The van der Waals surface area contributed by atoms with Gasteiger partial charge in [-0.05, 0) is 31.2 Å². The van der Waals surface area contributed by atoms with Gasteiger partial charge in [-0.15, -0.1) is 0 Å². The van der Waals surface area contributed by atoms with Crippen molar-refractivity contribution in [3.05, 3.63) is 59.4 Å². The van der Waals surface area contributed by atoms with E-state index < -0.39 is 0 Å². The number of benzene rings is 1.